The Morgan fingerprint density at radius 3 is 2.50 bits per heavy atom. The maximum absolute atomic E-state index is 9.60. The van der Waals surface area contributed by atoms with Crippen LogP contribution in [0.1, 0.15) is 18.6 Å². The van der Waals surface area contributed by atoms with E-state index in [1.165, 1.54) is 7.11 Å². The molecule has 0 amide bonds. The Hall–Kier alpha value is -0.490. The lowest BCUT2D eigenvalue weighted by atomic mass is 10.1. The number of ether oxygens (including phenoxy) is 2. The molecule has 78 valence electrons. The van der Waals surface area contributed by atoms with Gasteiger partial charge in [-0.2, -0.15) is 0 Å². The van der Waals surface area contributed by atoms with Gasteiger partial charge in [-0.15, -0.1) is 0 Å². The molecule has 0 aliphatic carbocycles. The molecule has 0 fully saturated rings. The number of phenols is 1. The Kier molecular flexibility index (Phi) is 4.00. The number of methoxy groups -OCH3 is 2. The summed E-state index contributed by atoms with van der Waals surface area (Å²) in [5, 5.41) is 9.60. The lowest BCUT2D eigenvalue weighted by molar-refractivity contribution is 0.119. The summed E-state index contributed by atoms with van der Waals surface area (Å²) in [5.74, 6) is 0.663. The largest absolute Gasteiger partial charge is 0.504 e. The SMILES string of the molecule is COc1cc(C(C)OC)cc(I)c1O. The molecular weight excluding hydrogens is 295 g/mol. The third kappa shape index (κ3) is 2.30. The van der Waals surface area contributed by atoms with Crippen LogP contribution in [0.5, 0.6) is 11.5 Å². The zero-order valence-corrected chi connectivity index (χ0v) is 10.5. The Bertz CT molecular complexity index is 325. The highest BCUT2D eigenvalue weighted by molar-refractivity contribution is 14.1. The van der Waals surface area contributed by atoms with E-state index < -0.39 is 0 Å². The normalized spacial score (nSPS) is 12.6. The third-order valence-electron chi connectivity index (χ3n) is 2.09. The molecule has 3 nitrogen and oxygen atoms in total. The predicted molar refractivity (Wildman–Crippen MR) is 62.8 cm³/mol. The summed E-state index contributed by atoms with van der Waals surface area (Å²) in [4.78, 5) is 0. The van der Waals surface area contributed by atoms with E-state index in [9.17, 15) is 5.11 Å². The molecule has 0 saturated heterocycles. The minimum Gasteiger partial charge on any atom is -0.504 e. The molecule has 0 radical (unpaired) electrons. The summed E-state index contributed by atoms with van der Waals surface area (Å²) in [6, 6.07) is 3.66. The molecule has 0 saturated carbocycles. The van der Waals surface area contributed by atoms with Crippen molar-refractivity contribution in [1.82, 2.24) is 0 Å². The van der Waals surface area contributed by atoms with Crippen molar-refractivity contribution in [3.05, 3.63) is 21.3 Å². The van der Waals surface area contributed by atoms with Crippen molar-refractivity contribution in [3.8, 4) is 11.5 Å². The van der Waals surface area contributed by atoms with E-state index in [1.54, 1.807) is 13.2 Å². The quantitative estimate of drug-likeness (QED) is 0.873. The Morgan fingerprint density at radius 1 is 1.36 bits per heavy atom. The molecule has 1 N–H and O–H groups in total. The number of aromatic hydroxyl groups is 1. The van der Waals surface area contributed by atoms with Gasteiger partial charge in [0.1, 0.15) is 0 Å². The highest BCUT2D eigenvalue weighted by atomic mass is 127. The molecule has 14 heavy (non-hydrogen) atoms. The van der Waals surface area contributed by atoms with Crippen LogP contribution in [0.15, 0.2) is 12.1 Å². The number of phenolic OH excluding ortho intramolecular Hbond substituents is 1. The number of halogens is 1. The smallest absolute Gasteiger partial charge is 0.171 e. The van der Waals surface area contributed by atoms with Gasteiger partial charge >= 0.3 is 0 Å². The van der Waals surface area contributed by atoms with E-state index in [2.05, 4.69) is 22.6 Å². The Morgan fingerprint density at radius 2 is 2.00 bits per heavy atom. The second-order valence-corrected chi connectivity index (χ2v) is 4.09. The van der Waals surface area contributed by atoms with Gasteiger partial charge in [0.15, 0.2) is 11.5 Å². The first kappa shape index (κ1) is 11.6. The van der Waals surface area contributed by atoms with Crippen molar-refractivity contribution < 1.29 is 14.6 Å². The summed E-state index contributed by atoms with van der Waals surface area (Å²) in [7, 11) is 3.18. The molecule has 1 aromatic carbocycles. The van der Waals surface area contributed by atoms with Crippen LogP contribution in [0.2, 0.25) is 0 Å². The van der Waals surface area contributed by atoms with Crippen LogP contribution in [0.25, 0.3) is 0 Å². The van der Waals surface area contributed by atoms with Gasteiger partial charge in [-0.05, 0) is 47.2 Å². The summed E-state index contributed by atoms with van der Waals surface area (Å²) in [6.45, 7) is 1.95. The van der Waals surface area contributed by atoms with E-state index in [0.717, 1.165) is 9.13 Å². The van der Waals surface area contributed by atoms with Crippen molar-refractivity contribution >= 4 is 22.6 Å². The third-order valence-corrected chi connectivity index (χ3v) is 2.92. The highest BCUT2D eigenvalue weighted by Gasteiger charge is 2.12. The van der Waals surface area contributed by atoms with Gasteiger partial charge in [-0.1, -0.05) is 0 Å². The number of benzene rings is 1. The van der Waals surface area contributed by atoms with E-state index in [-0.39, 0.29) is 11.9 Å². The van der Waals surface area contributed by atoms with Gasteiger partial charge in [0.2, 0.25) is 0 Å². The van der Waals surface area contributed by atoms with Crippen molar-refractivity contribution in [3.63, 3.8) is 0 Å². The molecule has 0 heterocycles. The first-order valence-corrected chi connectivity index (χ1v) is 5.27. The fraction of sp³-hybridized carbons (Fsp3) is 0.400. The molecule has 1 rings (SSSR count). The molecule has 1 atom stereocenters. The maximum atomic E-state index is 9.60. The average Bonchev–Trinajstić information content (AvgIpc) is 2.20. The molecule has 1 aromatic rings. The van der Waals surface area contributed by atoms with Crippen LogP contribution < -0.4 is 4.74 Å². The Balaban J connectivity index is 3.16. The van der Waals surface area contributed by atoms with Crippen molar-refractivity contribution in [2.24, 2.45) is 0 Å². The summed E-state index contributed by atoms with van der Waals surface area (Å²) >= 11 is 2.06. The lowest BCUT2D eigenvalue weighted by Crippen LogP contribution is -1.97. The molecular formula is C10H13IO3. The van der Waals surface area contributed by atoms with E-state index >= 15 is 0 Å². The molecule has 0 aromatic heterocycles. The van der Waals surface area contributed by atoms with E-state index in [1.807, 2.05) is 13.0 Å². The van der Waals surface area contributed by atoms with Crippen LogP contribution >= 0.6 is 22.6 Å². The molecule has 0 bridgehead atoms. The first-order chi connectivity index (χ1) is 6.60. The average molecular weight is 308 g/mol. The standard InChI is InChI=1S/C10H13IO3/c1-6(13-2)7-4-8(11)10(12)9(5-7)14-3/h4-6,12H,1-3H3. The summed E-state index contributed by atoms with van der Waals surface area (Å²) in [6.07, 6.45) is -0.00184. The van der Waals surface area contributed by atoms with Gasteiger partial charge in [0.05, 0.1) is 16.8 Å². The van der Waals surface area contributed by atoms with Gasteiger partial charge in [0, 0.05) is 7.11 Å². The van der Waals surface area contributed by atoms with E-state index in [4.69, 9.17) is 9.47 Å². The van der Waals surface area contributed by atoms with Gasteiger partial charge in [-0.25, -0.2) is 0 Å². The van der Waals surface area contributed by atoms with Crippen molar-refractivity contribution in [2.45, 2.75) is 13.0 Å². The maximum Gasteiger partial charge on any atom is 0.171 e. The number of hydrogen-bond acceptors (Lipinski definition) is 3. The number of rotatable bonds is 3. The van der Waals surface area contributed by atoms with Crippen LogP contribution in [-0.4, -0.2) is 19.3 Å². The fourth-order valence-corrected chi connectivity index (χ4v) is 1.75. The van der Waals surface area contributed by atoms with Crippen LogP contribution in [-0.2, 0) is 4.74 Å². The molecule has 4 heteroatoms. The molecule has 0 aliphatic heterocycles. The summed E-state index contributed by atoms with van der Waals surface area (Å²) < 4.78 is 11.0. The first-order valence-electron chi connectivity index (χ1n) is 4.19. The molecule has 1 unspecified atom stereocenters. The minimum atomic E-state index is -0.00184. The van der Waals surface area contributed by atoms with Crippen LogP contribution in [0.4, 0.5) is 0 Å². The minimum absolute atomic E-state index is 0.00184. The fourth-order valence-electron chi connectivity index (χ4n) is 1.12. The number of hydrogen-bond donors (Lipinski definition) is 1. The molecule has 0 aliphatic rings. The highest BCUT2D eigenvalue weighted by Crippen LogP contribution is 2.34. The van der Waals surface area contributed by atoms with Gasteiger partial charge in [-0.3, -0.25) is 0 Å². The van der Waals surface area contributed by atoms with Crippen molar-refractivity contribution in [2.75, 3.05) is 14.2 Å². The molecule has 0 spiro atoms. The Labute approximate surface area is 97.2 Å². The van der Waals surface area contributed by atoms with Crippen molar-refractivity contribution in [1.29, 1.82) is 0 Å². The van der Waals surface area contributed by atoms with Crippen LogP contribution in [0.3, 0.4) is 0 Å². The van der Waals surface area contributed by atoms with E-state index in [0.29, 0.717) is 5.75 Å². The zero-order valence-electron chi connectivity index (χ0n) is 8.37. The second kappa shape index (κ2) is 4.84. The lowest BCUT2D eigenvalue weighted by Gasteiger charge is -2.13. The van der Waals surface area contributed by atoms with Gasteiger partial charge < -0.3 is 14.6 Å². The second-order valence-electron chi connectivity index (χ2n) is 2.93. The van der Waals surface area contributed by atoms with Crippen LogP contribution in [0, 0.1) is 3.57 Å². The summed E-state index contributed by atoms with van der Waals surface area (Å²) in [5.41, 5.74) is 0.992. The zero-order chi connectivity index (χ0) is 10.7. The monoisotopic (exact) mass is 308 g/mol. The van der Waals surface area contributed by atoms with Gasteiger partial charge in [0.25, 0.3) is 0 Å². The predicted octanol–water partition coefficient (Wildman–Crippen LogP) is 2.71. The topological polar surface area (TPSA) is 38.7 Å².